The van der Waals surface area contributed by atoms with Crippen molar-refractivity contribution in [2.24, 2.45) is 0 Å². The summed E-state index contributed by atoms with van der Waals surface area (Å²) in [5.74, 6) is 1.01. The van der Waals surface area contributed by atoms with E-state index in [9.17, 15) is 4.79 Å². The van der Waals surface area contributed by atoms with E-state index in [-0.39, 0.29) is 11.9 Å². The third-order valence-corrected chi connectivity index (χ3v) is 4.56. The summed E-state index contributed by atoms with van der Waals surface area (Å²) in [6.45, 7) is 3.46. The zero-order valence-corrected chi connectivity index (χ0v) is 13.3. The fourth-order valence-electron chi connectivity index (χ4n) is 3.02. The first kappa shape index (κ1) is 13.8. The lowest BCUT2D eigenvalue weighted by atomic mass is 10.0. The molecule has 6 heteroatoms. The van der Waals surface area contributed by atoms with Crippen molar-refractivity contribution in [3.63, 3.8) is 0 Å². The van der Waals surface area contributed by atoms with Gasteiger partial charge in [0, 0.05) is 26.3 Å². The second-order valence-corrected chi connectivity index (χ2v) is 6.11. The number of carbonyl (C=O) groups excluding carboxylic acids is 1. The monoisotopic (exact) mass is 339 g/mol. The predicted octanol–water partition coefficient (Wildman–Crippen LogP) is 2.19. The van der Waals surface area contributed by atoms with Crippen LogP contribution in [0.1, 0.15) is 19.8 Å². The highest BCUT2D eigenvalue weighted by Crippen LogP contribution is 2.37. The van der Waals surface area contributed by atoms with Gasteiger partial charge in [0.1, 0.15) is 10.6 Å². The summed E-state index contributed by atoms with van der Waals surface area (Å²) in [6.07, 6.45) is 1.88. The minimum absolute atomic E-state index is 0.119. The van der Waals surface area contributed by atoms with Crippen LogP contribution in [0.5, 0.6) is 0 Å². The van der Waals surface area contributed by atoms with Gasteiger partial charge in [-0.3, -0.25) is 4.79 Å². The normalized spacial score (nSPS) is 23.9. The van der Waals surface area contributed by atoms with Crippen molar-refractivity contribution in [1.29, 1.82) is 0 Å². The number of nitrogens with zero attached hydrogens (tertiary/aromatic N) is 3. The molecule has 2 aliphatic rings. The van der Waals surface area contributed by atoms with Gasteiger partial charge in [-0.1, -0.05) is 0 Å². The number of amides is 1. The summed E-state index contributed by atoms with van der Waals surface area (Å²) in [4.78, 5) is 20.9. The third-order valence-electron chi connectivity index (χ3n) is 4.12. The summed E-state index contributed by atoms with van der Waals surface area (Å²) in [6, 6.07) is 3.96. The number of ether oxygens (including phenoxy) is 1. The molecule has 0 aliphatic carbocycles. The van der Waals surface area contributed by atoms with E-state index in [1.54, 1.807) is 4.90 Å². The van der Waals surface area contributed by atoms with Crippen LogP contribution in [0.25, 0.3) is 0 Å². The number of fused-ring (bicyclic) bond motifs is 1. The van der Waals surface area contributed by atoms with Crippen molar-refractivity contribution in [2.45, 2.75) is 31.8 Å². The molecule has 0 radical (unpaired) electrons. The van der Waals surface area contributed by atoms with Gasteiger partial charge >= 0.3 is 0 Å². The molecule has 1 aromatic heterocycles. The Balaban J connectivity index is 2.05. The maximum Gasteiger partial charge on any atom is 0.249 e. The first-order chi connectivity index (χ1) is 9.59. The van der Waals surface area contributed by atoms with E-state index in [0.717, 1.165) is 42.2 Å². The molecule has 3 rings (SSSR count). The summed E-state index contributed by atoms with van der Waals surface area (Å²) in [5, 5.41) is 0. The quantitative estimate of drug-likeness (QED) is 0.736. The second kappa shape index (κ2) is 5.33. The van der Waals surface area contributed by atoms with Crippen LogP contribution in [0.15, 0.2) is 16.7 Å². The molecule has 1 fully saturated rings. The van der Waals surface area contributed by atoms with Crippen LogP contribution in [-0.4, -0.2) is 43.2 Å². The number of halogens is 1. The highest BCUT2D eigenvalue weighted by molar-refractivity contribution is 9.10. The molecule has 0 unspecified atom stereocenters. The molecule has 2 aliphatic heterocycles. The Bertz CT molecular complexity index is 531. The van der Waals surface area contributed by atoms with Crippen molar-refractivity contribution in [3.05, 3.63) is 16.7 Å². The molecular weight excluding hydrogens is 322 g/mol. The van der Waals surface area contributed by atoms with Crippen molar-refractivity contribution >= 4 is 33.3 Å². The Morgan fingerprint density at radius 1 is 1.35 bits per heavy atom. The van der Waals surface area contributed by atoms with Crippen molar-refractivity contribution in [2.75, 3.05) is 30.1 Å². The number of pyridine rings is 1. The van der Waals surface area contributed by atoms with Crippen molar-refractivity contribution in [3.8, 4) is 0 Å². The summed E-state index contributed by atoms with van der Waals surface area (Å²) < 4.78 is 6.23. The number of carbonyl (C=O) groups is 1. The molecule has 0 spiro atoms. The molecule has 1 saturated heterocycles. The molecule has 0 bridgehead atoms. The SMILES string of the molecule is C[C@@H]1C(=O)N(C)c2ccc(Br)nc2N1C1CCOCC1. The first-order valence-corrected chi connectivity index (χ1v) is 7.69. The van der Waals surface area contributed by atoms with Gasteiger partial charge in [-0.05, 0) is 47.8 Å². The summed E-state index contributed by atoms with van der Waals surface area (Å²) in [5.41, 5.74) is 0.878. The Morgan fingerprint density at radius 2 is 2.05 bits per heavy atom. The molecule has 1 amide bonds. The van der Waals surface area contributed by atoms with Crippen molar-refractivity contribution < 1.29 is 9.53 Å². The molecule has 1 aromatic rings. The maximum absolute atomic E-state index is 12.4. The van der Waals surface area contributed by atoms with E-state index in [2.05, 4.69) is 25.8 Å². The molecule has 20 heavy (non-hydrogen) atoms. The maximum atomic E-state index is 12.4. The van der Waals surface area contributed by atoms with Gasteiger partial charge in [0.25, 0.3) is 0 Å². The molecule has 3 heterocycles. The van der Waals surface area contributed by atoms with Crippen LogP contribution in [0.3, 0.4) is 0 Å². The highest BCUT2D eigenvalue weighted by Gasteiger charge is 2.38. The minimum Gasteiger partial charge on any atom is -0.381 e. The van der Waals surface area contributed by atoms with Crippen LogP contribution in [0.4, 0.5) is 11.5 Å². The Hall–Kier alpha value is -1.14. The second-order valence-electron chi connectivity index (χ2n) is 5.30. The molecule has 0 N–H and O–H groups in total. The lowest BCUT2D eigenvalue weighted by Crippen LogP contribution is -2.56. The topological polar surface area (TPSA) is 45.7 Å². The largest absolute Gasteiger partial charge is 0.381 e. The summed E-state index contributed by atoms with van der Waals surface area (Å²) in [7, 11) is 1.81. The van der Waals surface area contributed by atoms with Crippen LogP contribution >= 0.6 is 15.9 Å². The molecule has 0 aromatic carbocycles. The van der Waals surface area contributed by atoms with Gasteiger partial charge < -0.3 is 14.5 Å². The van der Waals surface area contributed by atoms with E-state index in [4.69, 9.17) is 4.74 Å². The van der Waals surface area contributed by atoms with Gasteiger partial charge in [0.15, 0.2) is 5.82 Å². The van der Waals surface area contributed by atoms with Crippen LogP contribution < -0.4 is 9.80 Å². The highest BCUT2D eigenvalue weighted by atomic mass is 79.9. The van der Waals surface area contributed by atoms with Crippen LogP contribution in [-0.2, 0) is 9.53 Å². The number of likely N-dealkylation sites (N-methyl/N-ethyl adjacent to an activating group) is 1. The van der Waals surface area contributed by atoms with Gasteiger partial charge in [-0.25, -0.2) is 4.98 Å². The van der Waals surface area contributed by atoms with Gasteiger partial charge in [0.2, 0.25) is 5.91 Å². The molecule has 5 nitrogen and oxygen atoms in total. The minimum atomic E-state index is -0.183. The smallest absolute Gasteiger partial charge is 0.249 e. The third kappa shape index (κ3) is 2.20. The lowest BCUT2D eigenvalue weighted by molar-refractivity contribution is -0.119. The fraction of sp³-hybridized carbons (Fsp3) is 0.571. The summed E-state index contributed by atoms with van der Waals surface area (Å²) >= 11 is 3.43. The molecular formula is C14H18BrN3O2. The molecule has 1 atom stereocenters. The zero-order chi connectivity index (χ0) is 14.3. The van der Waals surface area contributed by atoms with Gasteiger partial charge in [-0.2, -0.15) is 0 Å². The Labute approximate surface area is 127 Å². The number of rotatable bonds is 1. The van der Waals surface area contributed by atoms with E-state index in [1.807, 2.05) is 26.1 Å². The fourth-order valence-corrected chi connectivity index (χ4v) is 3.32. The average molecular weight is 340 g/mol. The average Bonchev–Trinajstić information content (AvgIpc) is 2.46. The zero-order valence-electron chi connectivity index (χ0n) is 11.7. The number of hydrogen-bond acceptors (Lipinski definition) is 4. The molecule has 0 saturated carbocycles. The predicted molar refractivity (Wildman–Crippen MR) is 81.1 cm³/mol. The van der Waals surface area contributed by atoms with Crippen molar-refractivity contribution in [1.82, 2.24) is 4.98 Å². The van der Waals surface area contributed by atoms with Gasteiger partial charge in [0.05, 0.1) is 5.69 Å². The standard InChI is InChI=1S/C14H18BrN3O2/c1-9-14(19)17(2)11-3-4-12(15)16-13(11)18(9)10-5-7-20-8-6-10/h3-4,9-10H,5-8H2,1-2H3/t9-/m1/s1. The van der Waals surface area contributed by atoms with E-state index >= 15 is 0 Å². The van der Waals surface area contributed by atoms with E-state index in [0.29, 0.717) is 6.04 Å². The number of anilines is 2. The Morgan fingerprint density at radius 3 is 2.75 bits per heavy atom. The Kier molecular flexibility index (Phi) is 3.69. The number of hydrogen-bond donors (Lipinski definition) is 0. The lowest BCUT2D eigenvalue weighted by Gasteiger charge is -2.44. The van der Waals surface area contributed by atoms with Crippen LogP contribution in [0, 0.1) is 0 Å². The molecule has 108 valence electrons. The number of aromatic nitrogens is 1. The van der Waals surface area contributed by atoms with Gasteiger partial charge in [-0.15, -0.1) is 0 Å². The first-order valence-electron chi connectivity index (χ1n) is 6.90. The van der Waals surface area contributed by atoms with E-state index in [1.165, 1.54) is 0 Å². The van der Waals surface area contributed by atoms with Crippen LogP contribution in [0.2, 0.25) is 0 Å². The van der Waals surface area contributed by atoms with E-state index < -0.39 is 0 Å².